The maximum atomic E-state index is 12.9. The summed E-state index contributed by atoms with van der Waals surface area (Å²) in [7, 11) is 0. The van der Waals surface area contributed by atoms with Gasteiger partial charge in [-0.3, -0.25) is 4.79 Å². The van der Waals surface area contributed by atoms with E-state index in [2.05, 4.69) is 60.8 Å². The van der Waals surface area contributed by atoms with Gasteiger partial charge in [0.05, 0.1) is 11.8 Å². The van der Waals surface area contributed by atoms with Crippen LogP contribution in [0.15, 0.2) is 89.5 Å². The number of amides is 1. The van der Waals surface area contributed by atoms with E-state index in [9.17, 15) is 4.79 Å². The number of benzene rings is 3. The molecule has 3 heteroatoms. The number of carbonyl (C=O) groups is 1. The van der Waals surface area contributed by atoms with E-state index >= 15 is 0 Å². The predicted octanol–water partition coefficient (Wildman–Crippen LogP) is 5.89. The van der Waals surface area contributed by atoms with Crippen molar-refractivity contribution in [3.8, 4) is 0 Å². The molecule has 29 heavy (non-hydrogen) atoms. The van der Waals surface area contributed by atoms with Crippen molar-refractivity contribution in [2.24, 2.45) is 0 Å². The smallest absolute Gasteiger partial charge is 0.252 e. The Hall–Kier alpha value is -3.33. The van der Waals surface area contributed by atoms with Gasteiger partial charge >= 0.3 is 0 Å². The van der Waals surface area contributed by atoms with Gasteiger partial charge in [0.15, 0.2) is 0 Å². The summed E-state index contributed by atoms with van der Waals surface area (Å²) < 4.78 is 5.43. The van der Waals surface area contributed by atoms with Crippen molar-refractivity contribution in [1.82, 2.24) is 5.32 Å². The summed E-state index contributed by atoms with van der Waals surface area (Å²) >= 11 is 0. The van der Waals surface area contributed by atoms with Crippen LogP contribution in [0.3, 0.4) is 0 Å². The Balaban J connectivity index is 1.51. The van der Waals surface area contributed by atoms with Gasteiger partial charge in [-0.15, -0.1) is 0 Å². The van der Waals surface area contributed by atoms with Gasteiger partial charge in [-0.05, 0) is 54.7 Å². The minimum Gasteiger partial charge on any atom is -0.464 e. The van der Waals surface area contributed by atoms with E-state index in [0.29, 0.717) is 12.1 Å². The number of hydrogen-bond acceptors (Lipinski definition) is 2. The van der Waals surface area contributed by atoms with E-state index in [1.54, 1.807) is 6.26 Å². The van der Waals surface area contributed by atoms with Crippen molar-refractivity contribution < 1.29 is 9.21 Å². The quantitative estimate of drug-likeness (QED) is 0.432. The first kappa shape index (κ1) is 19.0. The molecular weight excluding hydrogens is 358 g/mol. The van der Waals surface area contributed by atoms with Gasteiger partial charge in [0, 0.05) is 17.8 Å². The summed E-state index contributed by atoms with van der Waals surface area (Å²) in [6, 6.07) is 26.4. The van der Waals surface area contributed by atoms with Crippen LogP contribution >= 0.6 is 0 Å². The lowest BCUT2D eigenvalue weighted by atomic mass is 9.89. The molecule has 0 saturated heterocycles. The van der Waals surface area contributed by atoms with Crippen molar-refractivity contribution in [2.45, 2.75) is 25.7 Å². The van der Waals surface area contributed by atoms with E-state index in [1.165, 1.54) is 16.7 Å². The molecule has 0 aliphatic rings. The number of furan rings is 1. The van der Waals surface area contributed by atoms with E-state index in [0.717, 1.165) is 23.8 Å². The van der Waals surface area contributed by atoms with Gasteiger partial charge in [0.1, 0.15) is 5.58 Å². The molecule has 3 aromatic carbocycles. The first-order valence-electron chi connectivity index (χ1n) is 10.1. The summed E-state index contributed by atoms with van der Waals surface area (Å²) in [5, 5.41) is 4.01. The molecule has 0 bridgehead atoms. The molecule has 0 radical (unpaired) electrons. The fourth-order valence-electron chi connectivity index (χ4n) is 3.90. The normalized spacial score (nSPS) is 12.0. The number of rotatable bonds is 7. The van der Waals surface area contributed by atoms with E-state index in [-0.39, 0.29) is 11.8 Å². The summed E-state index contributed by atoms with van der Waals surface area (Å²) in [5.41, 5.74) is 5.27. The zero-order valence-electron chi connectivity index (χ0n) is 16.6. The molecule has 0 fully saturated rings. The second kappa shape index (κ2) is 8.78. The highest BCUT2D eigenvalue weighted by Crippen LogP contribution is 2.25. The van der Waals surface area contributed by atoms with Crippen molar-refractivity contribution in [3.05, 3.63) is 107 Å². The highest BCUT2D eigenvalue weighted by atomic mass is 16.3. The standard InChI is InChI=1S/C26H25NO2/c1-19-8-5-6-11-22(19)21(15-14-20-9-3-2-4-10-20)18-27-26(28)24-12-7-13-25-23(24)16-17-29-25/h2-13,16-17,21H,14-15,18H2,1H3,(H,27,28). The molecule has 1 aromatic heterocycles. The Labute approximate surface area is 171 Å². The zero-order chi connectivity index (χ0) is 20.1. The maximum Gasteiger partial charge on any atom is 0.252 e. The van der Waals surface area contributed by atoms with Gasteiger partial charge in [0.25, 0.3) is 5.91 Å². The number of fused-ring (bicyclic) bond motifs is 1. The summed E-state index contributed by atoms with van der Waals surface area (Å²) in [4.78, 5) is 12.9. The molecule has 1 N–H and O–H groups in total. The highest BCUT2D eigenvalue weighted by Gasteiger charge is 2.17. The Kier molecular flexibility index (Phi) is 5.76. The fourth-order valence-corrected chi connectivity index (χ4v) is 3.90. The molecule has 1 amide bonds. The molecule has 1 atom stereocenters. The molecule has 0 spiro atoms. The minimum atomic E-state index is -0.0599. The van der Waals surface area contributed by atoms with Gasteiger partial charge in [-0.25, -0.2) is 0 Å². The number of hydrogen-bond donors (Lipinski definition) is 1. The van der Waals surface area contributed by atoms with Crippen LogP contribution in [-0.2, 0) is 6.42 Å². The molecule has 1 unspecified atom stereocenters. The van der Waals surface area contributed by atoms with Crippen molar-refractivity contribution in [3.63, 3.8) is 0 Å². The average Bonchev–Trinajstić information content (AvgIpc) is 3.24. The van der Waals surface area contributed by atoms with Crippen molar-refractivity contribution in [2.75, 3.05) is 6.54 Å². The lowest BCUT2D eigenvalue weighted by molar-refractivity contribution is 0.0952. The van der Waals surface area contributed by atoms with Crippen LogP contribution < -0.4 is 5.32 Å². The van der Waals surface area contributed by atoms with Crippen LogP contribution in [0, 0.1) is 6.92 Å². The molecule has 0 aliphatic carbocycles. The minimum absolute atomic E-state index is 0.0599. The van der Waals surface area contributed by atoms with E-state index in [1.807, 2.05) is 30.3 Å². The monoisotopic (exact) mass is 383 g/mol. The predicted molar refractivity (Wildman–Crippen MR) is 117 cm³/mol. The van der Waals surface area contributed by atoms with Crippen LogP contribution in [0.2, 0.25) is 0 Å². The van der Waals surface area contributed by atoms with Gasteiger partial charge in [0.2, 0.25) is 0 Å². The Morgan fingerprint density at radius 2 is 1.72 bits per heavy atom. The zero-order valence-corrected chi connectivity index (χ0v) is 16.6. The molecule has 146 valence electrons. The number of carbonyl (C=O) groups excluding carboxylic acids is 1. The van der Waals surface area contributed by atoms with Gasteiger partial charge in [-0.1, -0.05) is 60.7 Å². The van der Waals surface area contributed by atoms with Crippen LogP contribution in [0.1, 0.15) is 39.4 Å². The van der Waals surface area contributed by atoms with Gasteiger partial charge in [-0.2, -0.15) is 0 Å². The molecule has 0 aliphatic heterocycles. The Bertz CT molecular complexity index is 1100. The lowest BCUT2D eigenvalue weighted by Gasteiger charge is -2.20. The third kappa shape index (κ3) is 4.40. The molecular formula is C26H25NO2. The highest BCUT2D eigenvalue weighted by molar-refractivity contribution is 6.05. The topological polar surface area (TPSA) is 42.2 Å². The summed E-state index contributed by atoms with van der Waals surface area (Å²) in [5.74, 6) is 0.194. The van der Waals surface area contributed by atoms with E-state index < -0.39 is 0 Å². The van der Waals surface area contributed by atoms with Crippen LogP contribution in [0.25, 0.3) is 11.0 Å². The number of nitrogens with one attached hydrogen (secondary N) is 1. The van der Waals surface area contributed by atoms with Crippen LogP contribution in [-0.4, -0.2) is 12.5 Å². The molecule has 4 aromatic rings. The largest absolute Gasteiger partial charge is 0.464 e. The second-order valence-corrected chi connectivity index (χ2v) is 7.43. The summed E-state index contributed by atoms with van der Waals surface area (Å²) in [6.45, 7) is 2.74. The fraction of sp³-hybridized carbons (Fsp3) is 0.192. The van der Waals surface area contributed by atoms with Crippen molar-refractivity contribution >= 4 is 16.9 Å². The average molecular weight is 383 g/mol. The lowest BCUT2D eigenvalue weighted by Crippen LogP contribution is -2.29. The molecule has 4 rings (SSSR count). The van der Waals surface area contributed by atoms with Crippen molar-refractivity contribution in [1.29, 1.82) is 0 Å². The van der Waals surface area contributed by atoms with E-state index in [4.69, 9.17) is 4.42 Å². The molecule has 0 saturated carbocycles. The SMILES string of the molecule is Cc1ccccc1C(CCc1ccccc1)CNC(=O)c1cccc2occc12. The first-order valence-corrected chi connectivity index (χ1v) is 10.1. The Morgan fingerprint density at radius 3 is 2.55 bits per heavy atom. The first-order chi connectivity index (χ1) is 14.2. The number of aryl methyl sites for hydroxylation is 2. The molecule has 1 heterocycles. The maximum absolute atomic E-state index is 12.9. The summed E-state index contributed by atoms with van der Waals surface area (Å²) in [6.07, 6.45) is 3.58. The second-order valence-electron chi connectivity index (χ2n) is 7.43. The third-order valence-electron chi connectivity index (χ3n) is 5.50. The Morgan fingerprint density at radius 1 is 0.931 bits per heavy atom. The van der Waals surface area contributed by atoms with Gasteiger partial charge < -0.3 is 9.73 Å². The van der Waals surface area contributed by atoms with Crippen LogP contribution in [0.4, 0.5) is 0 Å². The molecule has 3 nitrogen and oxygen atoms in total. The van der Waals surface area contributed by atoms with Crippen LogP contribution in [0.5, 0.6) is 0 Å². The third-order valence-corrected chi connectivity index (χ3v) is 5.50.